The Balaban J connectivity index is 2.10. The summed E-state index contributed by atoms with van der Waals surface area (Å²) in [6.07, 6.45) is -4.03. The number of amides is 1. The van der Waals surface area contributed by atoms with Crippen LogP contribution in [0, 0.1) is 23.4 Å². The lowest BCUT2D eigenvalue weighted by Crippen LogP contribution is -2.47. The number of pyridine rings is 1. The Labute approximate surface area is 201 Å². The third-order valence-electron chi connectivity index (χ3n) is 6.35. The molecule has 0 saturated carbocycles. The molecule has 0 spiro atoms. The lowest BCUT2D eigenvalue weighted by atomic mass is 9.76. The minimum Gasteiger partial charge on any atom is -0.493 e. The Morgan fingerprint density at radius 3 is 2.57 bits per heavy atom. The molecule has 35 heavy (non-hydrogen) atoms. The molecule has 0 radical (unpaired) electrons. The van der Waals surface area contributed by atoms with E-state index in [2.05, 4.69) is 10.3 Å². The molecule has 0 bridgehead atoms. The first kappa shape index (κ1) is 26.9. The van der Waals surface area contributed by atoms with Crippen LogP contribution in [-0.2, 0) is 19.3 Å². The zero-order chi connectivity index (χ0) is 26.3. The van der Waals surface area contributed by atoms with E-state index in [9.17, 15) is 26.6 Å². The summed E-state index contributed by atoms with van der Waals surface area (Å²) >= 11 is 0. The number of anilines is 1. The Morgan fingerprint density at radius 2 is 2.00 bits per heavy atom. The van der Waals surface area contributed by atoms with E-state index < -0.39 is 51.2 Å². The van der Waals surface area contributed by atoms with Crippen LogP contribution >= 0.6 is 0 Å². The number of carbonyl (C=O) groups is 1. The number of ether oxygens (including phenoxy) is 2. The molecule has 2 N–H and O–H groups in total. The number of alkyl halides is 3. The molecule has 3 rings (SSSR count). The highest BCUT2D eigenvalue weighted by molar-refractivity contribution is 7.91. The standard InChI is InChI=1S/C23H27F4N3O4S/c1-6-33-19-12(2)16(24)8-7-15(19)18-13(3)22(4,23(25,26)27)34-20(18)21(31)30-14-9-10-29-17(11-14)35(5,28)32/h7-11,13,18,20,28H,6H2,1-5H3,(H,29,30,31)/t13-,18-,20+,22+,35?/m1/s1. The summed E-state index contributed by atoms with van der Waals surface area (Å²) in [4.78, 5) is 17.1. The molecule has 1 aliphatic heterocycles. The van der Waals surface area contributed by atoms with E-state index in [0.717, 1.165) is 19.2 Å². The maximum Gasteiger partial charge on any atom is 0.417 e. The van der Waals surface area contributed by atoms with Gasteiger partial charge in [0.15, 0.2) is 5.60 Å². The van der Waals surface area contributed by atoms with Crippen molar-refractivity contribution in [1.29, 1.82) is 4.78 Å². The van der Waals surface area contributed by atoms with E-state index in [1.54, 1.807) is 6.92 Å². The van der Waals surface area contributed by atoms with Gasteiger partial charge < -0.3 is 14.8 Å². The van der Waals surface area contributed by atoms with Gasteiger partial charge in [0.05, 0.1) is 16.3 Å². The molecule has 192 valence electrons. The summed E-state index contributed by atoms with van der Waals surface area (Å²) < 4.78 is 87.3. The second-order valence-electron chi connectivity index (χ2n) is 8.70. The van der Waals surface area contributed by atoms with Gasteiger partial charge >= 0.3 is 6.18 Å². The van der Waals surface area contributed by atoms with E-state index in [4.69, 9.17) is 14.3 Å². The number of rotatable bonds is 6. The molecule has 1 saturated heterocycles. The summed E-state index contributed by atoms with van der Waals surface area (Å²) in [5.41, 5.74) is -2.24. The van der Waals surface area contributed by atoms with Crippen LogP contribution in [0.2, 0.25) is 0 Å². The summed E-state index contributed by atoms with van der Waals surface area (Å²) in [7, 11) is -3.20. The SMILES string of the molecule is CCOc1c([C@@H]2[C@@H](C(=O)Nc3ccnc(S(C)(=N)=O)c3)O[C@](C)(C(F)(F)F)[C@@H]2C)ccc(F)c1C. The quantitative estimate of drug-likeness (QED) is 0.523. The molecule has 1 amide bonds. The highest BCUT2D eigenvalue weighted by Gasteiger charge is 2.65. The average Bonchev–Trinajstić information content (AvgIpc) is 3.03. The van der Waals surface area contributed by atoms with Crippen molar-refractivity contribution in [2.75, 3.05) is 18.2 Å². The fourth-order valence-electron chi connectivity index (χ4n) is 4.22. The third-order valence-corrected chi connectivity index (χ3v) is 7.37. The maximum atomic E-state index is 14.3. The summed E-state index contributed by atoms with van der Waals surface area (Å²) in [5, 5.41) is 2.39. The van der Waals surface area contributed by atoms with Crippen molar-refractivity contribution < 1.29 is 36.0 Å². The molecule has 1 aromatic carbocycles. The van der Waals surface area contributed by atoms with Crippen LogP contribution in [0.15, 0.2) is 35.5 Å². The molecule has 2 aromatic rings. The van der Waals surface area contributed by atoms with Crippen LogP contribution in [-0.4, -0.2) is 45.8 Å². The highest BCUT2D eigenvalue weighted by Crippen LogP contribution is 2.55. The largest absolute Gasteiger partial charge is 0.493 e. The highest BCUT2D eigenvalue weighted by atomic mass is 32.2. The first-order valence-corrected chi connectivity index (χ1v) is 12.8. The number of nitrogens with zero attached hydrogens (tertiary/aromatic N) is 1. The van der Waals surface area contributed by atoms with Crippen molar-refractivity contribution in [3.05, 3.63) is 47.4 Å². The van der Waals surface area contributed by atoms with Gasteiger partial charge in [0, 0.05) is 41.1 Å². The molecule has 1 aromatic heterocycles. The van der Waals surface area contributed by atoms with Gasteiger partial charge in [0.1, 0.15) is 22.7 Å². The minimum atomic E-state index is -4.80. The fourth-order valence-corrected chi connectivity index (χ4v) is 4.84. The number of halogens is 4. The van der Waals surface area contributed by atoms with E-state index in [1.165, 1.54) is 38.2 Å². The number of hydrogen-bond donors (Lipinski definition) is 2. The van der Waals surface area contributed by atoms with Crippen LogP contribution in [0.1, 0.15) is 37.8 Å². The van der Waals surface area contributed by atoms with Crippen LogP contribution in [0.4, 0.5) is 23.2 Å². The monoisotopic (exact) mass is 517 g/mol. The normalized spacial score (nSPS) is 26.3. The average molecular weight is 518 g/mol. The van der Waals surface area contributed by atoms with Crippen molar-refractivity contribution in [1.82, 2.24) is 4.98 Å². The lowest BCUT2D eigenvalue weighted by molar-refractivity contribution is -0.272. The summed E-state index contributed by atoms with van der Waals surface area (Å²) in [6, 6.07) is 5.02. The molecule has 1 aliphatic rings. The van der Waals surface area contributed by atoms with Gasteiger partial charge in [0.2, 0.25) is 0 Å². The smallest absolute Gasteiger partial charge is 0.417 e. The molecule has 1 fully saturated rings. The molecule has 7 nitrogen and oxygen atoms in total. The second-order valence-corrected chi connectivity index (χ2v) is 10.8. The first-order chi connectivity index (χ1) is 16.1. The Bertz CT molecular complexity index is 1240. The number of benzene rings is 1. The van der Waals surface area contributed by atoms with Crippen molar-refractivity contribution >= 4 is 21.3 Å². The summed E-state index contributed by atoms with van der Waals surface area (Å²) in [5.74, 6) is -3.77. The van der Waals surface area contributed by atoms with Crippen molar-refractivity contribution in [3.63, 3.8) is 0 Å². The van der Waals surface area contributed by atoms with Crippen molar-refractivity contribution in [3.8, 4) is 5.75 Å². The van der Waals surface area contributed by atoms with Gasteiger partial charge in [0.25, 0.3) is 5.91 Å². The molecular formula is C23H27F4N3O4S. The number of hydrogen-bond acceptors (Lipinski definition) is 6. The summed E-state index contributed by atoms with van der Waals surface area (Å²) in [6.45, 7) is 5.45. The first-order valence-electron chi connectivity index (χ1n) is 10.8. The van der Waals surface area contributed by atoms with Gasteiger partial charge in [-0.1, -0.05) is 13.0 Å². The molecular weight excluding hydrogens is 490 g/mol. The lowest BCUT2D eigenvalue weighted by Gasteiger charge is -2.32. The molecule has 5 atom stereocenters. The third kappa shape index (κ3) is 4.99. The van der Waals surface area contributed by atoms with Crippen LogP contribution in [0.25, 0.3) is 0 Å². The second kappa shape index (κ2) is 9.38. The van der Waals surface area contributed by atoms with Crippen LogP contribution in [0.5, 0.6) is 5.75 Å². The Hall–Kier alpha value is -2.73. The number of carbonyl (C=O) groups excluding carboxylic acids is 1. The molecule has 12 heteroatoms. The van der Waals surface area contributed by atoms with Crippen LogP contribution < -0.4 is 10.1 Å². The van der Waals surface area contributed by atoms with Crippen LogP contribution in [0.3, 0.4) is 0 Å². The molecule has 2 heterocycles. The predicted octanol–water partition coefficient (Wildman–Crippen LogP) is 5.04. The van der Waals surface area contributed by atoms with Gasteiger partial charge in [-0.2, -0.15) is 13.2 Å². The topological polar surface area (TPSA) is 101 Å². The predicted molar refractivity (Wildman–Crippen MR) is 121 cm³/mol. The molecule has 1 unspecified atom stereocenters. The van der Waals surface area contributed by atoms with E-state index >= 15 is 0 Å². The van der Waals surface area contributed by atoms with Gasteiger partial charge in [-0.05, 0) is 39.0 Å². The van der Waals surface area contributed by atoms with Gasteiger partial charge in [-0.25, -0.2) is 18.4 Å². The van der Waals surface area contributed by atoms with Crippen molar-refractivity contribution in [2.24, 2.45) is 5.92 Å². The fraction of sp³-hybridized carbons (Fsp3) is 0.478. The molecule has 0 aliphatic carbocycles. The maximum absolute atomic E-state index is 14.3. The zero-order valence-electron chi connectivity index (χ0n) is 19.8. The number of nitrogens with one attached hydrogen (secondary N) is 2. The Kier molecular flexibility index (Phi) is 7.20. The van der Waals surface area contributed by atoms with Crippen molar-refractivity contribution in [2.45, 2.75) is 56.5 Å². The van der Waals surface area contributed by atoms with Gasteiger partial charge in [-0.3, -0.25) is 4.79 Å². The van der Waals surface area contributed by atoms with E-state index in [0.29, 0.717) is 0 Å². The Morgan fingerprint density at radius 1 is 1.34 bits per heavy atom. The van der Waals surface area contributed by atoms with E-state index in [1.807, 2.05) is 0 Å². The zero-order valence-corrected chi connectivity index (χ0v) is 20.6. The van der Waals surface area contributed by atoms with E-state index in [-0.39, 0.29) is 34.2 Å². The minimum absolute atomic E-state index is 0.0725. The number of aromatic nitrogens is 1. The van der Waals surface area contributed by atoms with Gasteiger partial charge in [-0.15, -0.1) is 0 Å².